The van der Waals surface area contributed by atoms with E-state index in [0.29, 0.717) is 32.4 Å². The van der Waals surface area contributed by atoms with Gasteiger partial charge in [-0.1, -0.05) is 32.8 Å². The number of allylic oxidation sites excluding steroid dienone is 4. The minimum atomic E-state index is -4.43. The number of rotatable bonds is 14. The standard InChI is InChI=1S/C34H44N2O8S2/c1-6-20-35-28-17-15-24(45(39,40)41)22-26(28)33(3,4)30(35)12-11-13-31-34(5,19-10-8-9-14-32(37)38)27-23-25(46(42,43)44)16-18-29(27)36(31)21-7-2/h11-13,15-18,22-23H,6-10,14,19-21H2,1-5H3,(H2-,37,38,39,40,41,42,43,44)/p+1. The summed E-state index contributed by atoms with van der Waals surface area (Å²) in [6.45, 7) is 11.6. The van der Waals surface area contributed by atoms with Gasteiger partial charge in [0, 0.05) is 53.9 Å². The van der Waals surface area contributed by atoms with Crippen LogP contribution in [0.5, 0.6) is 0 Å². The molecule has 2 heterocycles. The Bertz CT molecular complexity index is 1820. The van der Waals surface area contributed by atoms with Crippen LogP contribution in [-0.4, -0.2) is 60.4 Å². The van der Waals surface area contributed by atoms with Crippen molar-refractivity contribution in [3.05, 3.63) is 71.5 Å². The molecule has 0 saturated carbocycles. The second-order valence-electron chi connectivity index (χ2n) is 12.8. The molecule has 250 valence electrons. The molecule has 3 N–H and O–H groups in total. The molecule has 2 aliphatic heterocycles. The Hall–Kier alpha value is -3.32. The summed E-state index contributed by atoms with van der Waals surface area (Å²) in [6.07, 6.45) is 10.4. The van der Waals surface area contributed by atoms with E-state index in [1.165, 1.54) is 18.2 Å². The Labute approximate surface area is 272 Å². The minimum Gasteiger partial charge on any atom is -0.481 e. The van der Waals surface area contributed by atoms with Gasteiger partial charge in [0.1, 0.15) is 6.54 Å². The molecule has 1 atom stereocenters. The first-order chi connectivity index (χ1) is 21.5. The van der Waals surface area contributed by atoms with Gasteiger partial charge >= 0.3 is 5.97 Å². The SMILES string of the molecule is CCCN1C(=CC=CC2=[N+](CCC)c3ccc(S(=O)(=O)O)cc3C2(C)C)C(C)(CCCCCC(=O)O)c2cc(S(=O)(=O)O)ccc21. The Balaban J connectivity index is 1.81. The largest absolute Gasteiger partial charge is 0.481 e. The summed E-state index contributed by atoms with van der Waals surface area (Å²) in [7, 11) is -8.80. The normalized spacial score (nSPS) is 20.2. The number of aliphatic carboxylic acids is 1. The van der Waals surface area contributed by atoms with E-state index < -0.39 is 37.0 Å². The summed E-state index contributed by atoms with van der Waals surface area (Å²) in [6, 6.07) is 9.40. The van der Waals surface area contributed by atoms with Gasteiger partial charge in [-0.25, -0.2) is 0 Å². The van der Waals surface area contributed by atoms with Gasteiger partial charge in [0.15, 0.2) is 5.71 Å². The molecule has 46 heavy (non-hydrogen) atoms. The number of hydrogen-bond donors (Lipinski definition) is 3. The fourth-order valence-electron chi connectivity index (χ4n) is 6.86. The highest BCUT2D eigenvalue weighted by molar-refractivity contribution is 7.86. The number of fused-ring (bicyclic) bond motifs is 2. The van der Waals surface area contributed by atoms with E-state index in [2.05, 4.69) is 30.2 Å². The highest BCUT2D eigenvalue weighted by Crippen LogP contribution is 2.51. The lowest BCUT2D eigenvalue weighted by molar-refractivity contribution is -0.437. The van der Waals surface area contributed by atoms with Crippen molar-refractivity contribution in [3.63, 3.8) is 0 Å². The van der Waals surface area contributed by atoms with Crippen LogP contribution in [0.3, 0.4) is 0 Å². The molecule has 10 nitrogen and oxygen atoms in total. The van der Waals surface area contributed by atoms with E-state index in [9.17, 15) is 30.7 Å². The predicted molar refractivity (Wildman–Crippen MR) is 179 cm³/mol. The molecule has 12 heteroatoms. The third kappa shape index (κ3) is 7.00. The van der Waals surface area contributed by atoms with Gasteiger partial charge in [-0.2, -0.15) is 21.4 Å². The molecule has 0 radical (unpaired) electrons. The topological polar surface area (TPSA) is 152 Å². The van der Waals surface area contributed by atoms with Crippen LogP contribution in [0.25, 0.3) is 0 Å². The van der Waals surface area contributed by atoms with Gasteiger partial charge < -0.3 is 10.0 Å². The zero-order valence-corrected chi connectivity index (χ0v) is 28.8. The first kappa shape index (κ1) is 35.5. The average Bonchev–Trinajstić information content (AvgIpc) is 3.32. The maximum Gasteiger partial charge on any atom is 0.303 e. The van der Waals surface area contributed by atoms with Crippen molar-refractivity contribution in [1.29, 1.82) is 0 Å². The van der Waals surface area contributed by atoms with Crippen molar-refractivity contribution in [2.45, 2.75) is 100 Å². The van der Waals surface area contributed by atoms with E-state index in [1.807, 2.05) is 32.1 Å². The summed E-state index contributed by atoms with van der Waals surface area (Å²) >= 11 is 0. The number of nitrogens with zero attached hydrogens (tertiary/aromatic N) is 2. The summed E-state index contributed by atoms with van der Waals surface area (Å²) in [5, 5.41) is 9.08. The zero-order valence-electron chi connectivity index (χ0n) is 27.2. The number of carboxylic acid groups (broad SMARTS) is 1. The lowest BCUT2D eigenvalue weighted by Crippen LogP contribution is -2.29. The number of benzene rings is 2. The summed E-state index contributed by atoms with van der Waals surface area (Å²) in [5.74, 6) is -0.837. The molecule has 2 aliphatic rings. The Morgan fingerprint density at radius 2 is 1.52 bits per heavy atom. The van der Waals surface area contributed by atoms with Gasteiger partial charge in [-0.3, -0.25) is 13.9 Å². The highest BCUT2D eigenvalue weighted by atomic mass is 32.2. The molecule has 0 fully saturated rings. The van der Waals surface area contributed by atoms with Crippen LogP contribution in [-0.2, 0) is 35.9 Å². The Morgan fingerprint density at radius 1 is 0.891 bits per heavy atom. The van der Waals surface area contributed by atoms with E-state index in [4.69, 9.17) is 5.11 Å². The number of anilines is 1. The van der Waals surface area contributed by atoms with Crippen molar-refractivity contribution < 1.29 is 40.4 Å². The number of carboxylic acids is 1. The lowest BCUT2D eigenvalue weighted by Gasteiger charge is -2.30. The fourth-order valence-corrected chi connectivity index (χ4v) is 7.87. The quantitative estimate of drug-likeness (QED) is 0.114. The van der Waals surface area contributed by atoms with Crippen LogP contribution in [0.4, 0.5) is 11.4 Å². The van der Waals surface area contributed by atoms with Crippen LogP contribution < -0.4 is 4.90 Å². The van der Waals surface area contributed by atoms with Crippen molar-refractivity contribution in [1.82, 2.24) is 0 Å². The molecule has 0 saturated heterocycles. The first-order valence-corrected chi connectivity index (χ1v) is 18.6. The summed E-state index contributed by atoms with van der Waals surface area (Å²) < 4.78 is 69.9. The predicted octanol–water partition coefficient (Wildman–Crippen LogP) is 6.63. The number of hydrogen-bond acceptors (Lipinski definition) is 6. The summed E-state index contributed by atoms with van der Waals surface area (Å²) in [5.41, 5.74) is 4.09. The third-order valence-electron chi connectivity index (χ3n) is 9.14. The maximum atomic E-state index is 12.1. The molecule has 0 spiro atoms. The molecule has 0 bridgehead atoms. The van der Waals surface area contributed by atoms with E-state index in [-0.39, 0.29) is 16.2 Å². The minimum absolute atomic E-state index is 0.0877. The number of unbranched alkanes of at least 4 members (excludes halogenated alkanes) is 2. The van der Waals surface area contributed by atoms with Crippen LogP contribution >= 0.6 is 0 Å². The van der Waals surface area contributed by atoms with Crippen LogP contribution in [0.1, 0.15) is 90.7 Å². The van der Waals surface area contributed by atoms with Crippen molar-refractivity contribution in [2.24, 2.45) is 0 Å². The molecular formula is C34H45N2O8S2+. The second-order valence-corrected chi connectivity index (χ2v) is 15.7. The van der Waals surface area contributed by atoms with Crippen molar-refractivity contribution in [2.75, 3.05) is 18.0 Å². The molecule has 4 rings (SSSR count). The van der Waals surface area contributed by atoms with Crippen molar-refractivity contribution >= 4 is 43.3 Å². The van der Waals surface area contributed by atoms with Crippen LogP contribution in [0, 0.1) is 0 Å². The van der Waals surface area contributed by atoms with E-state index in [0.717, 1.165) is 53.2 Å². The van der Waals surface area contributed by atoms with Gasteiger partial charge in [0.25, 0.3) is 20.2 Å². The van der Waals surface area contributed by atoms with Gasteiger partial charge in [0.05, 0.1) is 15.2 Å². The Kier molecular flexibility index (Phi) is 10.4. The first-order valence-electron chi connectivity index (χ1n) is 15.7. The van der Waals surface area contributed by atoms with Crippen LogP contribution in [0.2, 0.25) is 0 Å². The van der Waals surface area contributed by atoms with Gasteiger partial charge in [-0.05, 0) is 82.0 Å². The third-order valence-corrected chi connectivity index (χ3v) is 10.8. The number of carbonyl (C=O) groups is 1. The molecule has 0 aromatic heterocycles. The summed E-state index contributed by atoms with van der Waals surface area (Å²) in [4.78, 5) is 12.9. The molecular weight excluding hydrogens is 629 g/mol. The van der Waals surface area contributed by atoms with Crippen molar-refractivity contribution in [3.8, 4) is 0 Å². The second kappa shape index (κ2) is 13.4. The van der Waals surface area contributed by atoms with Crippen LogP contribution in [0.15, 0.2) is 70.1 Å². The smallest absolute Gasteiger partial charge is 0.303 e. The van der Waals surface area contributed by atoms with E-state index in [1.54, 1.807) is 18.2 Å². The van der Waals surface area contributed by atoms with Gasteiger partial charge in [-0.15, -0.1) is 0 Å². The van der Waals surface area contributed by atoms with E-state index >= 15 is 0 Å². The maximum absolute atomic E-state index is 12.1. The molecule has 2 aromatic carbocycles. The molecule has 0 amide bonds. The zero-order chi connectivity index (χ0) is 34.1. The fraction of sp³-hybridized carbons (Fsp3) is 0.471. The molecule has 2 aromatic rings. The van der Waals surface area contributed by atoms with Gasteiger partial charge in [0.2, 0.25) is 5.69 Å². The lowest BCUT2D eigenvalue weighted by atomic mass is 9.77. The average molecular weight is 674 g/mol. The monoisotopic (exact) mass is 673 g/mol. The molecule has 1 unspecified atom stereocenters. The highest BCUT2D eigenvalue weighted by Gasteiger charge is 2.46. The molecule has 0 aliphatic carbocycles. The Morgan fingerprint density at radius 3 is 2.11 bits per heavy atom.